The number of nitrogens with zero attached hydrogens (tertiary/aromatic N) is 3. The Morgan fingerprint density at radius 3 is 2.65 bits per heavy atom. The summed E-state index contributed by atoms with van der Waals surface area (Å²) in [6.07, 6.45) is -0.670. The lowest BCUT2D eigenvalue weighted by Gasteiger charge is -2.22. The molecule has 2 heterocycles. The van der Waals surface area contributed by atoms with Crippen LogP contribution in [0.3, 0.4) is 0 Å². The number of hydrogen-bond donors (Lipinski definition) is 0. The van der Waals surface area contributed by atoms with Gasteiger partial charge in [-0.2, -0.15) is 13.2 Å². The molecule has 1 aliphatic heterocycles. The van der Waals surface area contributed by atoms with Gasteiger partial charge < -0.3 is 9.80 Å². The summed E-state index contributed by atoms with van der Waals surface area (Å²) in [7, 11) is 1.60. The molecule has 0 radical (unpaired) electrons. The second-order valence-corrected chi connectivity index (χ2v) is 5.66. The molecule has 1 aliphatic rings. The van der Waals surface area contributed by atoms with Gasteiger partial charge >= 0.3 is 6.18 Å². The van der Waals surface area contributed by atoms with E-state index < -0.39 is 24.5 Å². The number of carbonyl (C=O) groups excluding carboxylic acids is 2. The highest BCUT2D eigenvalue weighted by Crippen LogP contribution is 2.24. The van der Waals surface area contributed by atoms with Crippen molar-refractivity contribution in [2.75, 3.05) is 26.7 Å². The van der Waals surface area contributed by atoms with Crippen LogP contribution < -0.4 is 0 Å². The van der Waals surface area contributed by atoms with E-state index in [1.54, 1.807) is 19.4 Å². The molecule has 2 rings (SSSR count). The molecule has 1 aromatic rings. The molecule has 1 aromatic heterocycles. The Morgan fingerprint density at radius 1 is 1.39 bits per heavy atom. The smallest absolute Gasteiger partial charge is 0.345 e. The van der Waals surface area contributed by atoms with Gasteiger partial charge in [-0.1, -0.05) is 0 Å². The highest BCUT2D eigenvalue weighted by molar-refractivity contribution is 5.89. The zero-order valence-electron chi connectivity index (χ0n) is 12.7. The van der Waals surface area contributed by atoms with Crippen LogP contribution in [0.25, 0.3) is 0 Å². The van der Waals surface area contributed by atoms with Crippen LogP contribution in [-0.4, -0.2) is 59.5 Å². The second-order valence-electron chi connectivity index (χ2n) is 5.66. The Kier molecular flexibility index (Phi) is 5.23. The lowest BCUT2D eigenvalue weighted by atomic mass is 10.1. The van der Waals surface area contributed by atoms with Gasteiger partial charge in [0.05, 0.1) is 5.92 Å². The largest absolute Gasteiger partial charge is 0.406 e. The van der Waals surface area contributed by atoms with Gasteiger partial charge in [-0.05, 0) is 24.1 Å². The Bertz CT molecular complexity index is 563. The summed E-state index contributed by atoms with van der Waals surface area (Å²) >= 11 is 0. The molecule has 1 unspecified atom stereocenters. The second kappa shape index (κ2) is 6.97. The van der Waals surface area contributed by atoms with Crippen molar-refractivity contribution in [2.45, 2.75) is 19.0 Å². The molecule has 23 heavy (non-hydrogen) atoms. The molecule has 0 aromatic carbocycles. The van der Waals surface area contributed by atoms with Crippen LogP contribution in [0.15, 0.2) is 24.5 Å². The van der Waals surface area contributed by atoms with Gasteiger partial charge in [0.1, 0.15) is 6.54 Å². The highest BCUT2D eigenvalue weighted by Gasteiger charge is 2.41. The topological polar surface area (TPSA) is 53.5 Å². The van der Waals surface area contributed by atoms with Gasteiger partial charge in [0.25, 0.3) is 0 Å². The molecule has 8 heteroatoms. The van der Waals surface area contributed by atoms with Crippen LogP contribution in [-0.2, 0) is 16.0 Å². The van der Waals surface area contributed by atoms with Crippen molar-refractivity contribution in [3.8, 4) is 0 Å². The normalized spacial score (nSPS) is 18.3. The molecule has 1 saturated heterocycles. The molecule has 5 nitrogen and oxygen atoms in total. The molecule has 0 spiro atoms. The minimum absolute atomic E-state index is 0.158. The van der Waals surface area contributed by atoms with E-state index in [0.29, 0.717) is 17.9 Å². The first-order valence-electron chi connectivity index (χ1n) is 7.24. The van der Waals surface area contributed by atoms with E-state index in [-0.39, 0.29) is 18.9 Å². The van der Waals surface area contributed by atoms with Gasteiger partial charge in [0.15, 0.2) is 0 Å². The monoisotopic (exact) mass is 329 g/mol. The number of rotatable bonds is 5. The summed E-state index contributed by atoms with van der Waals surface area (Å²) in [5.74, 6) is -1.62. The summed E-state index contributed by atoms with van der Waals surface area (Å²) in [6.45, 7) is -1.03. The molecule has 0 aliphatic carbocycles. The fourth-order valence-electron chi connectivity index (χ4n) is 2.57. The number of halogens is 3. The van der Waals surface area contributed by atoms with Gasteiger partial charge in [-0.15, -0.1) is 0 Å². The third-order valence-electron chi connectivity index (χ3n) is 3.80. The zero-order valence-corrected chi connectivity index (χ0v) is 12.7. The molecular formula is C15H18F3N3O2. The summed E-state index contributed by atoms with van der Waals surface area (Å²) < 4.78 is 37.1. The molecule has 1 atom stereocenters. The van der Waals surface area contributed by atoms with Crippen LogP contribution in [0, 0.1) is 5.92 Å². The number of aromatic nitrogens is 1. The number of likely N-dealkylation sites (tertiary alicyclic amines) is 1. The quantitative estimate of drug-likeness (QED) is 0.822. The van der Waals surface area contributed by atoms with Gasteiger partial charge in [0, 0.05) is 39.0 Å². The maximum atomic E-state index is 12.4. The summed E-state index contributed by atoms with van der Waals surface area (Å²) in [5.41, 5.74) is 1.01. The minimum atomic E-state index is -4.44. The van der Waals surface area contributed by atoms with Gasteiger partial charge in [0.2, 0.25) is 11.8 Å². The number of hydrogen-bond acceptors (Lipinski definition) is 3. The average molecular weight is 329 g/mol. The lowest BCUT2D eigenvalue weighted by Crippen LogP contribution is -2.38. The Balaban J connectivity index is 1.86. The third kappa shape index (κ3) is 4.94. The first kappa shape index (κ1) is 17.2. The van der Waals surface area contributed by atoms with E-state index in [9.17, 15) is 22.8 Å². The van der Waals surface area contributed by atoms with Gasteiger partial charge in [-0.3, -0.25) is 14.6 Å². The van der Waals surface area contributed by atoms with Crippen LogP contribution in [0.1, 0.15) is 12.0 Å². The number of likely N-dealkylation sites (N-methyl/N-ethyl adjacent to an activating group) is 1. The fourth-order valence-corrected chi connectivity index (χ4v) is 2.57. The van der Waals surface area contributed by atoms with Crippen molar-refractivity contribution in [1.82, 2.24) is 14.8 Å². The van der Waals surface area contributed by atoms with Gasteiger partial charge in [-0.25, -0.2) is 0 Å². The Hall–Kier alpha value is -2.12. The number of alkyl halides is 3. The highest BCUT2D eigenvalue weighted by atomic mass is 19.4. The predicted octanol–water partition coefficient (Wildman–Crippen LogP) is 1.49. The molecule has 2 amide bonds. The molecule has 0 bridgehead atoms. The summed E-state index contributed by atoms with van der Waals surface area (Å²) in [4.78, 5) is 30.0. The van der Waals surface area contributed by atoms with E-state index in [1.165, 1.54) is 4.90 Å². The fraction of sp³-hybridized carbons (Fsp3) is 0.533. The van der Waals surface area contributed by atoms with E-state index in [4.69, 9.17) is 0 Å². The van der Waals surface area contributed by atoms with Crippen molar-refractivity contribution >= 4 is 11.8 Å². The average Bonchev–Trinajstić information content (AvgIpc) is 2.84. The number of carbonyl (C=O) groups is 2. The minimum Gasteiger partial charge on any atom is -0.345 e. The van der Waals surface area contributed by atoms with E-state index in [1.807, 2.05) is 12.1 Å². The van der Waals surface area contributed by atoms with Crippen LogP contribution in [0.4, 0.5) is 13.2 Å². The Morgan fingerprint density at radius 2 is 2.04 bits per heavy atom. The SMILES string of the molecule is CN(CCc1ccncc1)C(=O)C1CC(=O)N(CC(F)(F)F)C1. The van der Waals surface area contributed by atoms with Crippen LogP contribution in [0.2, 0.25) is 0 Å². The van der Waals surface area contributed by atoms with Crippen molar-refractivity contribution in [3.05, 3.63) is 30.1 Å². The standard InChI is InChI=1S/C15H18F3N3O2/c1-20(7-4-11-2-5-19-6-3-11)14(23)12-8-13(22)21(9-12)10-15(16,17)18/h2-3,5-6,12H,4,7-10H2,1H3. The maximum absolute atomic E-state index is 12.4. The third-order valence-corrected chi connectivity index (χ3v) is 3.80. The molecule has 0 saturated carbocycles. The first-order valence-corrected chi connectivity index (χ1v) is 7.24. The first-order chi connectivity index (χ1) is 10.8. The van der Waals surface area contributed by atoms with E-state index in [2.05, 4.69) is 4.98 Å². The van der Waals surface area contributed by atoms with Crippen molar-refractivity contribution < 1.29 is 22.8 Å². The van der Waals surface area contributed by atoms with E-state index >= 15 is 0 Å². The molecule has 1 fully saturated rings. The number of pyridine rings is 1. The van der Waals surface area contributed by atoms with Crippen LogP contribution >= 0.6 is 0 Å². The van der Waals surface area contributed by atoms with Crippen molar-refractivity contribution in [2.24, 2.45) is 5.92 Å². The molecular weight excluding hydrogens is 311 g/mol. The maximum Gasteiger partial charge on any atom is 0.406 e. The van der Waals surface area contributed by atoms with Crippen molar-refractivity contribution in [1.29, 1.82) is 0 Å². The molecule has 0 N–H and O–H groups in total. The predicted molar refractivity (Wildman–Crippen MR) is 76.3 cm³/mol. The lowest BCUT2D eigenvalue weighted by molar-refractivity contribution is -0.157. The van der Waals surface area contributed by atoms with E-state index in [0.717, 1.165) is 5.56 Å². The number of amides is 2. The summed E-state index contributed by atoms with van der Waals surface area (Å²) in [5, 5.41) is 0. The summed E-state index contributed by atoms with van der Waals surface area (Å²) in [6, 6.07) is 3.67. The zero-order chi connectivity index (χ0) is 17.0. The van der Waals surface area contributed by atoms with Crippen LogP contribution in [0.5, 0.6) is 0 Å². The molecule has 126 valence electrons. The Labute approximate surface area is 132 Å². The van der Waals surface area contributed by atoms with Crippen molar-refractivity contribution in [3.63, 3.8) is 0 Å².